The number of alkyl halides is 3. The molecule has 0 atom stereocenters. The molecule has 0 aliphatic carbocycles. The summed E-state index contributed by atoms with van der Waals surface area (Å²) in [6, 6.07) is 8.06. The first-order valence-corrected chi connectivity index (χ1v) is 7.14. The highest BCUT2D eigenvalue weighted by molar-refractivity contribution is 5.67. The number of pyridine rings is 1. The van der Waals surface area contributed by atoms with Crippen LogP contribution >= 0.6 is 0 Å². The molecular weight excluding hydrogens is 335 g/mol. The second-order valence-corrected chi connectivity index (χ2v) is 4.94. The zero-order chi connectivity index (χ0) is 17.9. The smallest absolute Gasteiger partial charge is 0.416 e. The van der Waals surface area contributed by atoms with E-state index in [-0.39, 0.29) is 17.6 Å². The number of aromatic nitrogens is 3. The van der Waals surface area contributed by atoms with Crippen LogP contribution < -0.4 is 9.47 Å². The summed E-state index contributed by atoms with van der Waals surface area (Å²) in [5, 5.41) is 0. The minimum absolute atomic E-state index is 0.220. The Morgan fingerprint density at radius 2 is 1.60 bits per heavy atom. The molecular formula is C17H12F3N3O2. The maximum Gasteiger partial charge on any atom is 0.416 e. The molecule has 0 unspecified atom stereocenters. The van der Waals surface area contributed by atoms with Crippen molar-refractivity contribution in [2.75, 3.05) is 7.11 Å². The lowest BCUT2D eigenvalue weighted by Gasteiger charge is -2.11. The number of hydrogen-bond acceptors (Lipinski definition) is 5. The molecule has 3 rings (SSSR count). The van der Waals surface area contributed by atoms with Crippen molar-refractivity contribution in [3.05, 3.63) is 60.6 Å². The summed E-state index contributed by atoms with van der Waals surface area (Å²) >= 11 is 0. The molecule has 2 heterocycles. The van der Waals surface area contributed by atoms with E-state index in [2.05, 4.69) is 15.0 Å². The van der Waals surface area contributed by atoms with E-state index in [1.165, 1.54) is 25.4 Å². The predicted molar refractivity (Wildman–Crippen MR) is 83.3 cm³/mol. The molecule has 0 fully saturated rings. The fraction of sp³-hybridized carbons (Fsp3) is 0.118. The Balaban J connectivity index is 1.88. The Morgan fingerprint density at radius 3 is 2.20 bits per heavy atom. The van der Waals surface area contributed by atoms with Gasteiger partial charge < -0.3 is 9.47 Å². The summed E-state index contributed by atoms with van der Waals surface area (Å²) in [5.41, 5.74) is 0.491. The molecule has 0 saturated carbocycles. The minimum Gasteiger partial charge on any atom is -0.467 e. The lowest BCUT2D eigenvalue weighted by atomic mass is 10.1. The Hall–Kier alpha value is -3.16. The Labute approximate surface area is 141 Å². The topological polar surface area (TPSA) is 57.1 Å². The number of benzene rings is 1. The van der Waals surface area contributed by atoms with Crippen molar-refractivity contribution < 1.29 is 22.6 Å². The molecule has 0 saturated heterocycles. The van der Waals surface area contributed by atoms with E-state index in [4.69, 9.17) is 9.47 Å². The molecule has 0 spiro atoms. The molecule has 0 radical (unpaired) electrons. The van der Waals surface area contributed by atoms with Crippen molar-refractivity contribution in [3.8, 4) is 28.8 Å². The normalized spacial score (nSPS) is 11.2. The molecule has 0 aliphatic heterocycles. The standard InChI is InChI=1S/C17H12F3N3O2/c1-24-16-22-9-11(10-23-16)14-3-2-8-21-15(14)25-13-6-4-12(5-7-13)17(18,19)20/h2-10H,1H3. The average Bonchev–Trinajstić information content (AvgIpc) is 2.62. The maximum atomic E-state index is 12.6. The van der Waals surface area contributed by atoms with Crippen molar-refractivity contribution in [2.24, 2.45) is 0 Å². The van der Waals surface area contributed by atoms with Gasteiger partial charge in [-0.2, -0.15) is 13.2 Å². The van der Waals surface area contributed by atoms with Crippen LogP contribution in [0.5, 0.6) is 17.6 Å². The summed E-state index contributed by atoms with van der Waals surface area (Å²) in [6.45, 7) is 0. The first-order valence-electron chi connectivity index (χ1n) is 7.14. The van der Waals surface area contributed by atoms with Crippen LogP contribution in [-0.4, -0.2) is 22.1 Å². The van der Waals surface area contributed by atoms with E-state index in [1.54, 1.807) is 24.5 Å². The van der Waals surface area contributed by atoms with Gasteiger partial charge >= 0.3 is 12.2 Å². The summed E-state index contributed by atoms with van der Waals surface area (Å²) < 4.78 is 48.4. The van der Waals surface area contributed by atoms with E-state index in [1.807, 2.05) is 0 Å². The van der Waals surface area contributed by atoms with Gasteiger partial charge in [0.25, 0.3) is 0 Å². The van der Waals surface area contributed by atoms with E-state index >= 15 is 0 Å². The van der Waals surface area contributed by atoms with Gasteiger partial charge in [0.2, 0.25) is 5.88 Å². The molecule has 0 aliphatic rings. The number of methoxy groups -OCH3 is 1. The van der Waals surface area contributed by atoms with Crippen LogP contribution in [0.1, 0.15) is 5.56 Å². The van der Waals surface area contributed by atoms with Gasteiger partial charge in [-0.1, -0.05) is 0 Å². The van der Waals surface area contributed by atoms with E-state index < -0.39 is 11.7 Å². The second-order valence-electron chi connectivity index (χ2n) is 4.94. The number of rotatable bonds is 4. The van der Waals surface area contributed by atoms with Crippen LogP contribution in [0.25, 0.3) is 11.1 Å². The monoisotopic (exact) mass is 347 g/mol. The number of ether oxygens (including phenoxy) is 2. The first-order chi connectivity index (χ1) is 12.0. The fourth-order valence-electron chi connectivity index (χ4n) is 2.08. The summed E-state index contributed by atoms with van der Waals surface area (Å²) in [5.74, 6) is 0.471. The zero-order valence-corrected chi connectivity index (χ0v) is 13.0. The number of halogens is 3. The highest BCUT2D eigenvalue weighted by Crippen LogP contribution is 2.33. The van der Waals surface area contributed by atoms with Gasteiger partial charge in [-0.25, -0.2) is 15.0 Å². The lowest BCUT2D eigenvalue weighted by Crippen LogP contribution is -2.04. The van der Waals surface area contributed by atoms with Gasteiger partial charge in [0.05, 0.1) is 12.7 Å². The number of nitrogens with zero attached hydrogens (tertiary/aromatic N) is 3. The van der Waals surface area contributed by atoms with Crippen molar-refractivity contribution in [1.82, 2.24) is 15.0 Å². The highest BCUT2D eigenvalue weighted by Gasteiger charge is 2.30. The predicted octanol–water partition coefficient (Wildman–Crippen LogP) is 4.36. The summed E-state index contributed by atoms with van der Waals surface area (Å²) in [4.78, 5) is 12.2. The van der Waals surface area contributed by atoms with Gasteiger partial charge in [0.15, 0.2) is 0 Å². The van der Waals surface area contributed by atoms with Crippen molar-refractivity contribution in [1.29, 1.82) is 0 Å². The van der Waals surface area contributed by atoms with Crippen LogP contribution in [0.4, 0.5) is 13.2 Å². The highest BCUT2D eigenvalue weighted by atomic mass is 19.4. The molecule has 1 aromatic carbocycles. The largest absolute Gasteiger partial charge is 0.467 e. The van der Waals surface area contributed by atoms with Crippen molar-refractivity contribution in [3.63, 3.8) is 0 Å². The van der Waals surface area contributed by atoms with Crippen LogP contribution in [-0.2, 0) is 6.18 Å². The molecule has 2 aromatic heterocycles. The quantitative estimate of drug-likeness (QED) is 0.702. The molecule has 3 aromatic rings. The molecule has 8 heteroatoms. The van der Waals surface area contributed by atoms with Crippen LogP contribution in [0.3, 0.4) is 0 Å². The molecule has 0 bridgehead atoms. The van der Waals surface area contributed by atoms with Gasteiger partial charge in [-0.05, 0) is 36.4 Å². The average molecular weight is 347 g/mol. The second kappa shape index (κ2) is 6.76. The van der Waals surface area contributed by atoms with Gasteiger partial charge in [-0.3, -0.25) is 0 Å². The molecule has 0 amide bonds. The third-order valence-corrected chi connectivity index (χ3v) is 3.29. The third kappa shape index (κ3) is 3.85. The van der Waals surface area contributed by atoms with Gasteiger partial charge in [0.1, 0.15) is 5.75 Å². The molecule has 25 heavy (non-hydrogen) atoms. The summed E-state index contributed by atoms with van der Waals surface area (Å²) in [7, 11) is 1.46. The summed E-state index contributed by atoms with van der Waals surface area (Å²) in [6.07, 6.45) is 0.216. The van der Waals surface area contributed by atoms with Crippen molar-refractivity contribution in [2.45, 2.75) is 6.18 Å². The van der Waals surface area contributed by atoms with E-state index in [9.17, 15) is 13.2 Å². The van der Waals surface area contributed by atoms with Crippen LogP contribution in [0.2, 0.25) is 0 Å². The first kappa shape index (κ1) is 16.7. The molecule has 128 valence electrons. The lowest BCUT2D eigenvalue weighted by molar-refractivity contribution is -0.137. The van der Waals surface area contributed by atoms with E-state index in [0.29, 0.717) is 11.1 Å². The SMILES string of the molecule is COc1ncc(-c2cccnc2Oc2ccc(C(F)(F)F)cc2)cn1. The maximum absolute atomic E-state index is 12.6. The Bertz CT molecular complexity index is 850. The van der Waals surface area contributed by atoms with Crippen LogP contribution in [0.15, 0.2) is 55.0 Å². The Morgan fingerprint density at radius 1 is 0.920 bits per heavy atom. The van der Waals surface area contributed by atoms with Gasteiger partial charge in [-0.15, -0.1) is 0 Å². The number of hydrogen-bond donors (Lipinski definition) is 0. The molecule has 0 N–H and O–H groups in total. The molecule has 5 nitrogen and oxygen atoms in total. The minimum atomic E-state index is -4.39. The van der Waals surface area contributed by atoms with Gasteiger partial charge in [0, 0.05) is 29.7 Å². The zero-order valence-electron chi connectivity index (χ0n) is 13.0. The van der Waals surface area contributed by atoms with E-state index in [0.717, 1.165) is 12.1 Å². The Kier molecular flexibility index (Phi) is 4.51. The van der Waals surface area contributed by atoms with Crippen molar-refractivity contribution >= 4 is 0 Å². The third-order valence-electron chi connectivity index (χ3n) is 3.29. The fourth-order valence-corrected chi connectivity index (χ4v) is 2.08. The van der Waals surface area contributed by atoms with Crippen LogP contribution in [0, 0.1) is 0 Å².